The van der Waals surface area contributed by atoms with E-state index in [0.717, 1.165) is 75.8 Å². The fourth-order valence-electron chi connectivity index (χ4n) is 7.67. The van der Waals surface area contributed by atoms with Crippen LogP contribution in [0, 0.1) is 0 Å². The fourth-order valence-corrected chi connectivity index (χ4v) is 7.67. The van der Waals surface area contributed by atoms with Crippen molar-refractivity contribution in [3.05, 3.63) is 108 Å². The molecule has 0 aliphatic rings. The number of rotatable bonds is 31. The Balaban J connectivity index is 1.04. The Morgan fingerprint density at radius 2 is 0.724 bits per heavy atom. The van der Waals surface area contributed by atoms with Crippen LogP contribution in [0.4, 0.5) is 0 Å². The zero-order valence-corrected chi connectivity index (χ0v) is 35.9. The summed E-state index contributed by atoms with van der Waals surface area (Å²) in [6, 6.07) is 31.1. The number of ether oxygens (including phenoxy) is 4. The van der Waals surface area contributed by atoms with E-state index in [4.69, 9.17) is 18.9 Å². The molecule has 5 rings (SSSR count). The molecular formula is C53H72O5. The van der Waals surface area contributed by atoms with Gasteiger partial charge in [-0.15, -0.1) is 0 Å². The van der Waals surface area contributed by atoms with Crippen molar-refractivity contribution in [1.29, 1.82) is 0 Å². The Morgan fingerprint density at radius 3 is 1.17 bits per heavy atom. The maximum atomic E-state index is 9.86. The molecule has 0 fully saturated rings. The van der Waals surface area contributed by atoms with Gasteiger partial charge in [-0.25, -0.2) is 0 Å². The Labute approximate surface area is 350 Å². The lowest BCUT2D eigenvalue weighted by molar-refractivity contribution is 0.252. The molecule has 0 saturated heterocycles. The third kappa shape index (κ3) is 16.2. The van der Waals surface area contributed by atoms with Gasteiger partial charge in [-0.3, -0.25) is 0 Å². The maximum absolute atomic E-state index is 9.86. The predicted octanol–water partition coefficient (Wildman–Crippen LogP) is 15.2. The smallest absolute Gasteiger partial charge is 0.162 e. The van der Waals surface area contributed by atoms with Gasteiger partial charge in [-0.2, -0.15) is 0 Å². The molecule has 0 aromatic heterocycles. The molecule has 0 unspecified atom stereocenters. The lowest BCUT2D eigenvalue weighted by Crippen LogP contribution is -2.02. The monoisotopic (exact) mass is 789 g/mol. The molecule has 0 atom stereocenters. The summed E-state index contributed by atoms with van der Waals surface area (Å²) in [7, 11) is 0. The molecule has 5 nitrogen and oxygen atoms in total. The molecular weight excluding hydrogens is 717 g/mol. The van der Waals surface area contributed by atoms with Crippen molar-refractivity contribution in [1.82, 2.24) is 0 Å². The SMILES string of the molecule is CCCCCCCCCCCCOc1ccc2cc(COc3ccc(CO)cc3OCc3ccc4cc(OCCCCCCCCCCCC)ccc4c3)ccc2c1. The first-order chi connectivity index (χ1) is 28.6. The van der Waals surface area contributed by atoms with Gasteiger partial charge in [0.25, 0.3) is 0 Å². The van der Waals surface area contributed by atoms with Crippen molar-refractivity contribution < 1.29 is 24.1 Å². The second-order valence-corrected chi connectivity index (χ2v) is 16.3. The van der Waals surface area contributed by atoms with E-state index >= 15 is 0 Å². The molecule has 0 radical (unpaired) electrons. The topological polar surface area (TPSA) is 57.2 Å². The van der Waals surface area contributed by atoms with Crippen LogP contribution in [0.3, 0.4) is 0 Å². The lowest BCUT2D eigenvalue weighted by Gasteiger charge is -2.15. The van der Waals surface area contributed by atoms with Crippen molar-refractivity contribution >= 4 is 21.5 Å². The van der Waals surface area contributed by atoms with E-state index in [9.17, 15) is 5.11 Å². The molecule has 5 aromatic rings. The van der Waals surface area contributed by atoms with Gasteiger partial charge in [0.2, 0.25) is 0 Å². The van der Waals surface area contributed by atoms with Crippen LogP contribution in [0.2, 0.25) is 0 Å². The highest BCUT2D eigenvalue weighted by Crippen LogP contribution is 2.32. The molecule has 5 heteroatoms. The molecule has 0 heterocycles. The molecule has 58 heavy (non-hydrogen) atoms. The molecule has 0 aliphatic heterocycles. The summed E-state index contributed by atoms with van der Waals surface area (Å²) in [6.07, 6.45) is 26.5. The largest absolute Gasteiger partial charge is 0.494 e. The van der Waals surface area contributed by atoms with Crippen LogP contribution >= 0.6 is 0 Å². The van der Waals surface area contributed by atoms with E-state index in [-0.39, 0.29) is 6.61 Å². The second-order valence-electron chi connectivity index (χ2n) is 16.3. The first kappa shape index (κ1) is 44.9. The summed E-state index contributed by atoms with van der Waals surface area (Å²) in [5, 5.41) is 14.5. The number of benzene rings is 5. The molecule has 1 N–H and O–H groups in total. The quantitative estimate of drug-likeness (QED) is 0.0453. The van der Waals surface area contributed by atoms with Crippen LogP contribution in [0.15, 0.2) is 91.0 Å². The standard InChI is InChI=1S/C53H72O5/c1-3-5-7-9-11-13-15-17-19-21-33-55-50-30-28-46-35-44(23-26-48(46)38-50)41-57-52-32-25-43(40-54)37-53(52)58-42-45-24-27-49-39-51(31-29-47(49)36-45)56-34-22-20-18-16-14-12-10-8-6-4-2/h23-32,35-39,54H,3-22,33-34,40-42H2,1-2H3. The summed E-state index contributed by atoms with van der Waals surface area (Å²) < 4.78 is 24.9. The van der Waals surface area contributed by atoms with Gasteiger partial charge < -0.3 is 24.1 Å². The predicted molar refractivity (Wildman–Crippen MR) is 244 cm³/mol. The first-order valence-electron chi connectivity index (χ1n) is 23.0. The normalized spacial score (nSPS) is 11.4. The number of aliphatic hydroxyl groups is 1. The summed E-state index contributed by atoms with van der Waals surface area (Å²) in [5.41, 5.74) is 2.92. The summed E-state index contributed by atoms with van der Waals surface area (Å²) in [4.78, 5) is 0. The zero-order chi connectivity index (χ0) is 40.5. The van der Waals surface area contributed by atoms with Gasteiger partial charge in [0.1, 0.15) is 24.7 Å². The van der Waals surface area contributed by atoms with E-state index < -0.39 is 0 Å². The van der Waals surface area contributed by atoms with Crippen LogP contribution in [0.1, 0.15) is 159 Å². The summed E-state index contributed by atoms with van der Waals surface area (Å²) in [6.45, 7) is 6.81. The number of aliphatic hydroxyl groups excluding tert-OH is 1. The Kier molecular flexibility index (Phi) is 20.7. The summed E-state index contributed by atoms with van der Waals surface area (Å²) in [5.74, 6) is 3.12. The maximum Gasteiger partial charge on any atom is 0.162 e. The van der Waals surface area contributed by atoms with Crippen molar-refractivity contribution in [2.45, 2.75) is 162 Å². The minimum absolute atomic E-state index is 0.0636. The minimum atomic E-state index is -0.0636. The van der Waals surface area contributed by atoms with Crippen LogP contribution in [0.5, 0.6) is 23.0 Å². The Hall–Kier alpha value is -4.22. The molecule has 0 amide bonds. The molecule has 0 aliphatic carbocycles. The van der Waals surface area contributed by atoms with E-state index in [1.165, 1.54) is 116 Å². The molecule has 0 bridgehead atoms. The average molecular weight is 789 g/mol. The van der Waals surface area contributed by atoms with Crippen LogP contribution in [-0.4, -0.2) is 18.3 Å². The van der Waals surface area contributed by atoms with Crippen LogP contribution < -0.4 is 18.9 Å². The summed E-state index contributed by atoms with van der Waals surface area (Å²) >= 11 is 0. The fraction of sp³-hybridized carbons (Fsp3) is 0.509. The van der Waals surface area contributed by atoms with Crippen molar-refractivity contribution in [2.75, 3.05) is 13.2 Å². The molecule has 0 saturated carbocycles. The zero-order valence-electron chi connectivity index (χ0n) is 35.9. The Morgan fingerprint density at radius 1 is 0.345 bits per heavy atom. The van der Waals surface area contributed by atoms with Gasteiger partial charge in [-0.1, -0.05) is 172 Å². The van der Waals surface area contributed by atoms with E-state index in [1.54, 1.807) is 0 Å². The van der Waals surface area contributed by atoms with Crippen molar-refractivity contribution in [3.63, 3.8) is 0 Å². The first-order valence-corrected chi connectivity index (χ1v) is 23.0. The van der Waals surface area contributed by atoms with Crippen LogP contribution in [-0.2, 0) is 19.8 Å². The molecule has 0 spiro atoms. The second kappa shape index (κ2) is 26.7. The number of unbranched alkanes of at least 4 members (excludes halogenated alkanes) is 18. The Bertz CT molecular complexity index is 1880. The highest BCUT2D eigenvalue weighted by molar-refractivity contribution is 5.85. The van der Waals surface area contributed by atoms with Gasteiger partial charge >= 0.3 is 0 Å². The highest BCUT2D eigenvalue weighted by Gasteiger charge is 2.10. The van der Waals surface area contributed by atoms with Gasteiger partial charge in [-0.05, 0) is 99.6 Å². The highest BCUT2D eigenvalue weighted by atomic mass is 16.5. The van der Waals surface area contributed by atoms with E-state index in [0.29, 0.717) is 24.7 Å². The third-order valence-electron chi connectivity index (χ3n) is 11.3. The van der Waals surface area contributed by atoms with Crippen LogP contribution in [0.25, 0.3) is 21.5 Å². The van der Waals surface area contributed by atoms with Gasteiger partial charge in [0, 0.05) is 0 Å². The number of hydrogen-bond acceptors (Lipinski definition) is 5. The average Bonchev–Trinajstić information content (AvgIpc) is 3.25. The van der Waals surface area contributed by atoms with Gasteiger partial charge in [0.15, 0.2) is 11.5 Å². The van der Waals surface area contributed by atoms with E-state index in [1.807, 2.05) is 18.2 Å². The van der Waals surface area contributed by atoms with Gasteiger partial charge in [0.05, 0.1) is 19.8 Å². The number of fused-ring (bicyclic) bond motifs is 2. The lowest BCUT2D eigenvalue weighted by atomic mass is 10.1. The molecule has 5 aromatic carbocycles. The third-order valence-corrected chi connectivity index (χ3v) is 11.3. The van der Waals surface area contributed by atoms with E-state index in [2.05, 4.69) is 86.6 Å². The minimum Gasteiger partial charge on any atom is -0.494 e. The van der Waals surface area contributed by atoms with Crippen molar-refractivity contribution in [3.8, 4) is 23.0 Å². The molecule has 314 valence electrons. The number of hydrogen-bond donors (Lipinski definition) is 1. The van der Waals surface area contributed by atoms with Crippen molar-refractivity contribution in [2.24, 2.45) is 0 Å².